The zero-order valence-electron chi connectivity index (χ0n) is 7.77. The fourth-order valence-corrected chi connectivity index (χ4v) is 1.56. The van der Waals surface area contributed by atoms with E-state index in [-0.39, 0.29) is 0 Å². The van der Waals surface area contributed by atoms with E-state index in [2.05, 4.69) is 15.0 Å². The van der Waals surface area contributed by atoms with Crippen molar-refractivity contribution in [3.05, 3.63) is 30.9 Å². The second kappa shape index (κ2) is 2.84. The molecule has 3 heterocycles. The second-order valence-corrected chi connectivity index (χ2v) is 3.16. The van der Waals surface area contributed by atoms with E-state index in [4.69, 9.17) is 10.2 Å². The highest BCUT2D eigenvalue weighted by molar-refractivity contribution is 5.95. The zero-order valence-corrected chi connectivity index (χ0v) is 7.77. The number of nitrogen functional groups attached to an aromatic ring is 1. The molecule has 0 fully saturated rings. The molecular weight excluding hydrogens is 192 g/mol. The molecule has 0 atom stereocenters. The van der Waals surface area contributed by atoms with Crippen LogP contribution < -0.4 is 5.73 Å². The number of rotatable bonds is 1. The van der Waals surface area contributed by atoms with Gasteiger partial charge in [0.1, 0.15) is 11.9 Å². The van der Waals surface area contributed by atoms with E-state index < -0.39 is 0 Å². The quantitative estimate of drug-likeness (QED) is 0.627. The number of H-pyrrole nitrogens is 1. The summed E-state index contributed by atoms with van der Waals surface area (Å²) in [6, 6.07) is 1.88. The van der Waals surface area contributed by atoms with Crippen LogP contribution in [0.4, 0.5) is 5.69 Å². The molecule has 0 saturated carbocycles. The molecule has 15 heavy (non-hydrogen) atoms. The number of hydrogen-bond donors (Lipinski definition) is 2. The number of anilines is 1. The molecule has 0 aliphatic carbocycles. The van der Waals surface area contributed by atoms with Gasteiger partial charge in [-0.2, -0.15) is 0 Å². The van der Waals surface area contributed by atoms with Crippen LogP contribution in [-0.4, -0.2) is 15.0 Å². The Morgan fingerprint density at radius 3 is 3.07 bits per heavy atom. The van der Waals surface area contributed by atoms with Crippen LogP contribution in [0, 0.1) is 0 Å². The molecular formula is C10H8N4O. The first-order chi connectivity index (χ1) is 7.36. The Hall–Kier alpha value is -2.30. The van der Waals surface area contributed by atoms with Crippen LogP contribution in [0.1, 0.15) is 0 Å². The van der Waals surface area contributed by atoms with Crippen molar-refractivity contribution in [3.8, 4) is 11.5 Å². The van der Waals surface area contributed by atoms with Crippen molar-refractivity contribution >= 4 is 16.7 Å². The van der Waals surface area contributed by atoms with Crippen molar-refractivity contribution in [2.24, 2.45) is 0 Å². The van der Waals surface area contributed by atoms with Crippen molar-refractivity contribution in [1.29, 1.82) is 0 Å². The van der Waals surface area contributed by atoms with E-state index in [9.17, 15) is 0 Å². The number of pyridine rings is 1. The third-order valence-electron chi connectivity index (χ3n) is 2.29. The lowest BCUT2D eigenvalue weighted by Crippen LogP contribution is -1.92. The first-order valence-electron chi connectivity index (χ1n) is 4.47. The van der Waals surface area contributed by atoms with Crippen molar-refractivity contribution in [1.82, 2.24) is 15.0 Å². The normalized spacial score (nSPS) is 10.9. The monoisotopic (exact) mass is 200 g/mol. The van der Waals surface area contributed by atoms with E-state index >= 15 is 0 Å². The number of fused-ring (bicyclic) bond motifs is 1. The molecule has 0 aliphatic rings. The molecule has 74 valence electrons. The molecule has 3 aromatic heterocycles. The maximum Gasteiger partial charge on any atom is 0.229 e. The lowest BCUT2D eigenvalue weighted by atomic mass is 10.2. The molecule has 3 aromatic rings. The molecule has 0 aliphatic heterocycles. The van der Waals surface area contributed by atoms with Crippen molar-refractivity contribution in [3.63, 3.8) is 0 Å². The number of hydrogen-bond acceptors (Lipinski definition) is 4. The van der Waals surface area contributed by atoms with Gasteiger partial charge in [-0.15, -0.1) is 0 Å². The van der Waals surface area contributed by atoms with Gasteiger partial charge in [0.2, 0.25) is 5.89 Å². The van der Waals surface area contributed by atoms with Gasteiger partial charge in [0.25, 0.3) is 0 Å². The van der Waals surface area contributed by atoms with Gasteiger partial charge >= 0.3 is 0 Å². The summed E-state index contributed by atoms with van der Waals surface area (Å²) in [5, 5.41) is 0.880. The number of aromatic amines is 1. The summed E-state index contributed by atoms with van der Waals surface area (Å²) in [4.78, 5) is 11.3. The zero-order chi connectivity index (χ0) is 10.3. The Morgan fingerprint density at radius 2 is 2.27 bits per heavy atom. The maximum absolute atomic E-state index is 5.99. The third kappa shape index (κ3) is 1.10. The van der Waals surface area contributed by atoms with E-state index in [0.717, 1.165) is 11.0 Å². The smallest absolute Gasteiger partial charge is 0.229 e. The molecule has 0 unspecified atom stereocenters. The number of nitrogens with zero attached hydrogens (tertiary/aromatic N) is 2. The molecule has 0 amide bonds. The Bertz CT molecular complexity index is 597. The van der Waals surface area contributed by atoms with Crippen molar-refractivity contribution in [2.45, 2.75) is 0 Å². The number of nitrogens with two attached hydrogens (primary N) is 1. The highest BCUT2D eigenvalue weighted by Gasteiger charge is 2.11. The Labute approximate surface area is 85.0 Å². The van der Waals surface area contributed by atoms with Gasteiger partial charge in [-0.3, -0.25) is 0 Å². The van der Waals surface area contributed by atoms with Gasteiger partial charge in [0.15, 0.2) is 0 Å². The molecule has 5 heteroatoms. The molecule has 5 nitrogen and oxygen atoms in total. The van der Waals surface area contributed by atoms with Gasteiger partial charge in [0.05, 0.1) is 17.4 Å². The second-order valence-electron chi connectivity index (χ2n) is 3.16. The van der Waals surface area contributed by atoms with Crippen LogP contribution >= 0.6 is 0 Å². The van der Waals surface area contributed by atoms with Crippen LogP contribution in [0.3, 0.4) is 0 Å². The van der Waals surface area contributed by atoms with Crippen LogP contribution in [0.25, 0.3) is 22.5 Å². The predicted octanol–water partition coefficient (Wildman–Crippen LogP) is 1.80. The van der Waals surface area contributed by atoms with Crippen LogP contribution in [0.2, 0.25) is 0 Å². The van der Waals surface area contributed by atoms with Crippen LogP contribution in [0.5, 0.6) is 0 Å². The van der Waals surface area contributed by atoms with Gasteiger partial charge in [-0.05, 0) is 6.07 Å². The molecule has 0 bridgehead atoms. The highest BCUT2D eigenvalue weighted by Crippen LogP contribution is 2.29. The van der Waals surface area contributed by atoms with E-state index in [1.54, 1.807) is 18.6 Å². The molecule has 3 rings (SSSR count). The van der Waals surface area contributed by atoms with Crippen molar-refractivity contribution in [2.75, 3.05) is 5.73 Å². The van der Waals surface area contributed by atoms with Gasteiger partial charge in [-0.1, -0.05) is 0 Å². The van der Waals surface area contributed by atoms with Crippen molar-refractivity contribution < 1.29 is 4.42 Å². The fourth-order valence-electron chi connectivity index (χ4n) is 1.56. The summed E-state index contributed by atoms with van der Waals surface area (Å²) < 4.78 is 5.18. The molecule has 0 spiro atoms. The Morgan fingerprint density at radius 1 is 1.33 bits per heavy atom. The van der Waals surface area contributed by atoms with Gasteiger partial charge < -0.3 is 15.1 Å². The first kappa shape index (κ1) is 8.05. The summed E-state index contributed by atoms with van der Waals surface area (Å²) in [6.45, 7) is 0. The first-order valence-corrected chi connectivity index (χ1v) is 4.47. The standard InChI is InChI=1S/C10H8N4O/c11-8-6-1-2-12-9(6)14-5-7(8)10-13-3-4-15-10/h1-5H,(H3,11,12,14). The molecule has 0 saturated heterocycles. The summed E-state index contributed by atoms with van der Waals surface area (Å²) >= 11 is 0. The van der Waals surface area contributed by atoms with E-state index in [1.807, 2.05) is 6.07 Å². The fraction of sp³-hybridized carbons (Fsp3) is 0. The minimum absolute atomic E-state index is 0.489. The third-order valence-corrected chi connectivity index (χ3v) is 2.29. The minimum atomic E-state index is 0.489. The largest absolute Gasteiger partial charge is 0.444 e. The average Bonchev–Trinajstić information content (AvgIpc) is 2.87. The van der Waals surface area contributed by atoms with Crippen LogP contribution in [-0.2, 0) is 0 Å². The summed E-state index contributed by atoms with van der Waals surface area (Å²) in [7, 11) is 0. The maximum atomic E-state index is 5.99. The topological polar surface area (TPSA) is 80.7 Å². The van der Waals surface area contributed by atoms with Gasteiger partial charge in [-0.25, -0.2) is 9.97 Å². The minimum Gasteiger partial charge on any atom is -0.444 e. The predicted molar refractivity (Wildman–Crippen MR) is 56.0 cm³/mol. The van der Waals surface area contributed by atoms with Gasteiger partial charge in [0, 0.05) is 17.8 Å². The van der Waals surface area contributed by atoms with E-state index in [0.29, 0.717) is 17.1 Å². The Balaban J connectivity index is 2.32. The molecule has 0 aromatic carbocycles. The summed E-state index contributed by atoms with van der Waals surface area (Å²) in [5.41, 5.74) is 8.10. The number of aromatic nitrogens is 3. The number of nitrogens with one attached hydrogen (secondary N) is 1. The average molecular weight is 200 g/mol. The SMILES string of the molecule is Nc1c(-c2ncco2)cnc2[nH]ccc12. The highest BCUT2D eigenvalue weighted by atomic mass is 16.3. The molecule has 0 radical (unpaired) electrons. The molecule has 3 N–H and O–H groups in total. The summed E-state index contributed by atoms with van der Waals surface area (Å²) in [5.74, 6) is 0.489. The number of oxazole rings is 1. The summed E-state index contributed by atoms with van der Waals surface area (Å²) in [6.07, 6.45) is 6.54. The lowest BCUT2D eigenvalue weighted by Gasteiger charge is -2.01. The van der Waals surface area contributed by atoms with Crippen LogP contribution in [0.15, 0.2) is 35.3 Å². The lowest BCUT2D eigenvalue weighted by molar-refractivity contribution is 0.574. The Kier molecular flexibility index (Phi) is 1.53. The van der Waals surface area contributed by atoms with E-state index in [1.165, 1.54) is 6.26 Å².